The zero-order valence-corrected chi connectivity index (χ0v) is 12.1. The number of amides is 2. The summed E-state index contributed by atoms with van der Waals surface area (Å²) in [7, 11) is 1.78. The topological polar surface area (TPSA) is 65.5 Å². The van der Waals surface area contributed by atoms with Gasteiger partial charge in [0.2, 0.25) is 0 Å². The van der Waals surface area contributed by atoms with Crippen molar-refractivity contribution < 1.29 is 9.90 Å². The number of pyridine rings is 1. The predicted octanol–water partition coefficient (Wildman–Crippen LogP) is 1.95. The Labute approximate surface area is 120 Å². The van der Waals surface area contributed by atoms with E-state index in [1.807, 2.05) is 19.1 Å². The molecular formula is C15H23N3O2. The molecule has 1 fully saturated rings. The third-order valence-corrected chi connectivity index (χ3v) is 4.02. The van der Waals surface area contributed by atoms with E-state index in [1.165, 1.54) is 0 Å². The van der Waals surface area contributed by atoms with Gasteiger partial charge >= 0.3 is 6.03 Å². The Bertz CT molecular complexity index is 438. The van der Waals surface area contributed by atoms with E-state index in [0.717, 1.165) is 24.8 Å². The largest absolute Gasteiger partial charge is 0.393 e. The van der Waals surface area contributed by atoms with Crippen molar-refractivity contribution in [2.24, 2.45) is 5.92 Å². The van der Waals surface area contributed by atoms with Gasteiger partial charge in [-0.25, -0.2) is 4.79 Å². The number of urea groups is 1. The molecule has 3 atom stereocenters. The SMILES string of the molecule is CC(NC(=O)N(C)CC1CCCC1O)c1ccncc1. The summed E-state index contributed by atoms with van der Waals surface area (Å²) in [5, 5.41) is 12.8. The molecule has 110 valence electrons. The van der Waals surface area contributed by atoms with Gasteiger partial charge in [-0.3, -0.25) is 4.98 Å². The number of hydrogen-bond acceptors (Lipinski definition) is 3. The van der Waals surface area contributed by atoms with Crippen LogP contribution in [-0.2, 0) is 0 Å². The van der Waals surface area contributed by atoms with Crippen molar-refractivity contribution in [3.8, 4) is 0 Å². The molecule has 0 radical (unpaired) electrons. The average molecular weight is 277 g/mol. The van der Waals surface area contributed by atoms with Crippen LogP contribution in [0.4, 0.5) is 4.79 Å². The van der Waals surface area contributed by atoms with Gasteiger partial charge in [0.15, 0.2) is 0 Å². The average Bonchev–Trinajstić information content (AvgIpc) is 2.85. The van der Waals surface area contributed by atoms with Gasteiger partial charge in [-0.1, -0.05) is 6.42 Å². The van der Waals surface area contributed by atoms with Gasteiger partial charge in [-0.15, -0.1) is 0 Å². The maximum atomic E-state index is 12.1. The number of aliphatic hydroxyl groups is 1. The molecule has 1 aliphatic rings. The van der Waals surface area contributed by atoms with Crippen LogP contribution in [-0.4, -0.2) is 40.7 Å². The first-order chi connectivity index (χ1) is 9.58. The van der Waals surface area contributed by atoms with Crippen molar-refractivity contribution in [2.45, 2.75) is 38.3 Å². The molecule has 0 spiro atoms. The minimum atomic E-state index is -0.261. The van der Waals surface area contributed by atoms with Crippen LogP contribution in [0.3, 0.4) is 0 Å². The Morgan fingerprint density at radius 3 is 2.80 bits per heavy atom. The third-order valence-electron chi connectivity index (χ3n) is 4.02. The molecule has 1 aromatic heterocycles. The molecule has 2 N–H and O–H groups in total. The van der Waals surface area contributed by atoms with E-state index in [2.05, 4.69) is 10.3 Å². The van der Waals surface area contributed by atoms with E-state index in [4.69, 9.17) is 0 Å². The third kappa shape index (κ3) is 3.70. The normalized spacial score (nSPS) is 23.4. The van der Waals surface area contributed by atoms with Crippen LogP contribution >= 0.6 is 0 Å². The second-order valence-electron chi connectivity index (χ2n) is 5.59. The number of aromatic nitrogens is 1. The fourth-order valence-electron chi connectivity index (χ4n) is 2.70. The Kier molecular flexibility index (Phi) is 4.95. The summed E-state index contributed by atoms with van der Waals surface area (Å²) in [5.41, 5.74) is 1.03. The molecule has 1 aliphatic carbocycles. The summed E-state index contributed by atoms with van der Waals surface area (Å²) in [6.07, 6.45) is 6.08. The maximum Gasteiger partial charge on any atom is 0.317 e. The molecule has 0 aliphatic heterocycles. The Morgan fingerprint density at radius 2 is 2.20 bits per heavy atom. The molecular weight excluding hydrogens is 254 g/mol. The van der Waals surface area contributed by atoms with Crippen molar-refractivity contribution >= 4 is 6.03 Å². The summed E-state index contributed by atoms with van der Waals surface area (Å²) in [6.45, 7) is 2.56. The molecule has 1 aromatic rings. The van der Waals surface area contributed by atoms with Gasteiger partial charge < -0.3 is 15.3 Å². The highest BCUT2D eigenvalue weighted by atomic mass is 16.3. The monoisotopic (exact) mass is 277 g/mol. The highest BCUT2D eigenvalue weighted by molar-refractivity contribution is 5.74. The number of aliphatic hydroxyl groups excluding tert-OH is 1. The highest BCUT2D eigenvalue weighted by Crippen LogP contribution is 2.26. The lowest BCUT2D eigenvalue weighted by Gasteiger charge is -2.25. The molecule has 0 aromatic carbocycles. The first kappa shape index (κ1) is 14.8. The van der Waals surface area contributed by atoms with Gasteiger partial charge in [0.25, 0.3) is 0 Å². The van der Waals surface area contributed by atoms with Gasteiger partial charge in [0, 0.05) is 31.9 Å². The second-order valence-corrected chi connectivity index (χ2v) is 5.59. The summed E-state index contributed by atoms with van der Waals surface area (Å²) >= 11 is 0. The standard InChI is InChI=1S/C15H23N3O2/c1-11(12-6-8-16-9-7-12)17-15(20)18(2)10-13-4-3-5-14(13)19/h6-9,11,13-14,19H,3-5,10H2,1-2H3,(H,17,20). The number of carbonyl (C=O) groups is 1. The summed E-state index contributed by atoms with van der Waals surface area (Å²) < 4.78 is 0. The zero-order chi connectivity index (χ0) is 14.5. The van der Waals surface area contributed by atoms with Gasteiger partial charge in [-0.05, 0) is 37.5 Å². The van der Waals surface area contributed by atoms with Gasteiger partial charge in [0.1, 0.15) is 0 Å². The van der Waals surface area contributed by atoms with Crippen molar-refractivity contribution in [2.75, 3.05) is 13.6 Å². The quantitative estimate of drug-likeness (QED) is 0.884. The lowest BCUT2D eigenvalue weighted by Crippen LogP contribution is -2.42. The number of carbonyl (C=O) groups excluding carboxylic acids is 1. The molecule has 2 amide bonds. The van der Waals surface area contributed by atoms with E-state index in [9.17, 15) is 9.90 Å². The number of nitrogens with zero attached hydrogens (tertiary/aromatic N) is 2. The summed E-state index contributed by atoms with van der Waals surface area (Å²) in [6, 6.07) is 3.63. The van der Waals surface area contributed by atoms with Crippen LogP contribution in [0.1, 0.15) is 37.8 Å². The molecule has 5 nitrogen and oxygen atoms in total. The number of hydrogen-bond donors (Lipinski definition) is 2. The van der Waals surface area contributed by atoms with E-state index in [0.29, 0.717) is 6.54 Å². The molecule has 20 heavy (non-hydrogen) atoms. The van der Waals surface area contributed by atoms with Crippen molar-refractivity contribution in [3.63, 3.8) is 0 Å². The second kappa shape index (κ2) is 6.70. The van der Waals surface area contributed by atoms with Crippen molar-refractivity contribution in [3.05, 3.63) is 30.1 Å². The number of nitrogens with one attached hydrogen (secondary N) is 1. The fourth-order valence-corrected chi connectivity index (χ4v) is 2.70. The van der Waals surface area contributed by atoms with Crippen LogP contribution in [0.5, 0.6) is 0 Å². The van der Waals surface area contributed by atoms with E-state index >= 15 is 0 Å². The highest BCUT2D eigenvalue weighted by Gasteiger charge is 2.27. The summed E-state index contributed by atoms with van der Waals surface area (Å²) in [5.74, 6) is 0.210. The molecule has 2 rings (SSSR count). The molecule has 5 heteroatoms. The predicted molar refractivity (Wildman–Crippen MR) is 77.2 cm³/mol. The van der Waals surface area contributed by atoms with Crippen LogP contribution in [0.25, 0.3) is 0 Å². The Morgan fingerprint density at radius 1 is 1.50 bits per heavy atom. The van der Waals surface area contributed by atoms with Crippen LogP contribution < -0.4 is 5.32 Å². The fraction of sp³-hybridized carbons (Fsp3) is 0.600. The minimum absolute atomic E-state index is 0.0542. The molecule has 1 saturated carbocycles. The first-order valence-corrected chi connectivity index (χ1v) is 7.17. The molecule has 0 saturated heterocycles. The van der Waals surface area contributed by atoms with E-state index in [-0.39, 0.29) is 24.1 Å². The first-order valence-electron chi connectivity index (χ1n) is 7.17. The van der Waals surface area contributed by atoms with Gasteiger partial charge in [-0.2, -0.15) is 0 Å². The lowest BCUT2D eigenvalue weighted by atomic mass is 10.1. The molecule has 0 bridgehead atoms. The Balaban J connectivity index is 1.84. The van der Waals surface area contributed by atoms with Crippen molar-refractivity contribution in [1.82, 2.24) is 15.2 Å². The number of rotatable bonds is 4. The Hall–Kier alpha value is -1.62. The zero-order valence-electron chi connectivity index (χ0n) is 12.1. The molecule has 1 heterocycles. The molecule has 3 unspecified atom stereocenters. The van der Waals surface area contributed by atoms with Crippen LogP contribution in [0.2, 0.25) is 0 Å². The van der Waals surface area contributed by atoms with E-state index < -0.39 is 0 Å². The van der Waals surface area contributed by atoms with Crippen molar-refractivity contribution in [1.29, 1.82) is 0 Å². The maximum absolute atomic E-state index is 12.1. The summed E-state index contributed by atoms with van der Waals surface area (Å²) in [4.78, 5) is 17.8. The lowest BCUT2D eigenvalue weighted by molar-refractivity contribution is 0.113. The minimum Gasteiger partial charge on any atom is -0.393 e. The van der Waals surface area contributed by atoms with Crippen LogP contribution in [0.15, 0.2) is 24.5 Å². The van der Waals surface area contributed by atoms with Crippen LogP contribution in [0, 0.1) is 5.92 Å². The van der Waals surface area contributed by atoms with E-state index in [1.54, 1.807) is 24.3 Å². The smallest absolute Gasteiger partial charge is 0.317 e. The van der Waals surface area contributed by atoms with Gasteiger partial charge in [0.05, 0.1) is 12.1 Å².